The first kappa shape index (κ1) is 13.9. The van der Waals surface area contributed by atoms with E-state index in [-0.39, 0.29) is 0 Å². The lowest BCUT2D eigenvalue weighted by atomic mass is 10.2. The number of benzene rings is 1. The van der Waals surface area contributed by atoms with E-state index >= 15 is 0 Å². The number of aromatic amines is 1. The van der Waals surface area contributed by atoms with Crippen molar-refractivity contribution in [1.82, 2.24) is 20.6 Å². The van der Waals surface area contributed by atoms with Gasteiger partial charge in [0.1, 0.15) is 0 Å². The zero-order valence-corrected chi connectivity index (χ0v) is 11.8. The van der Waals surface area contributed by atoms with Gasteiger partial charge in [0.15, 0.2) is 5.75 Å². The maximum atomic E-state index is 6.14. The van der Waals surface area contributed by atoms with Crippen LogP contribution in [-0.2, 0) is 6.54 Å². The number of H-pyrrole nitrogens is 1. The molecule has 0 spiro atoms. The maximum absolute atomic E-state index is 6.14. The Balaban J connectivity index is 2.06. The molecule has 0 fully saturated rings. The summed E-state index contributed by atoms with van der Waals surface area (Å²) in [5, 5.41) is 17.3. The summed E-state index contributed by atoms with van der Waals surface area (Å²) in [4.78, 5) is 0. The van der Waals surface area contributed by atoms with Crippen LogP contribution in [0.5, 0.6) is 5.75 Å². The summed E-state index contributed by atoms with van der Waals surface area (Å²) in [6, 6.07) is 3.59. The standard InChI is InChI=1S/C11H13Cl2N5O/c1-2-3-19-10-8(12)4-7(5-9(10)13)6-14-11-15-17-18-16-11/h4-5H,2-3,6H2,1H3,(H2,14,15,16,17,18). The molecule has 1 heterocycles. The first-order chi connectivity index (χ1) is 9.20. The molecule has 2 N–H and O–H groups in total. The Morgan fingerprint density at radius 1 is 1.32 bits per heavy atom. The normalized spacial score (nSPS) is 10.5. The van der Waals surface area contributed by atoms with Crippen molar-refractivity contribution in [3.8, 4) is 5.75 Å². The van der Waals surface area contributed by atoms with Crippen LogP contribution in [0.15, 0.2) is 12.1 Å². The van der Waals surface area contributed by atoms with Gasteiger partial charge in [0, 0.05) is 6.54 Å². The van der Waals surface area contributed by atoms with Gasteiger partial charge in [-0.3, -0.25) is 0 Å². The summed E-state index contributed by atoms with van der Waals surface area (Å²) in [5.74, 6) is 0.937. The van der Waals surface area contributed by atoms with Gasteiger partial charge >= 0.3 is 0 Å². The highest BCUT2D eigenvalue weighted by atomic mass is 35.5. The summed E-state index contributed by atoms with van der Waals surface area (Å²) in [6.45, 7) is 3.10. The largest absolute Gasteiger partial charge is 0.490 e. The molecule has 0 aliphatic rings. The summed E-state index contributed by atoms with van der Waals surface area (Å²) in [7, 11) is 0. The number of rotatable bonds is 6. The van der Waals surface area contributed by atoms with Crippen LogP contribution in [0.4, 0.5) is 5.95 Å². The van der Waals surface area contributed by atoms with Gasteiger partial charge in [0.25, 0.3) is 5.95 Å². The molecule has 0 amide bonds. The number of halogens is 2. The highest BCUT2D eigenvalue weighted by Crippen LogP contribution is 2.34. The molecule has 0 unspecified atom stereocenters. The molecule has 0 saturated carbocycles. The smallest absolute Gasteiger partial charge is 0.263 e. The van der Waals surface area contributed by atoms with Gasteiger partial charge in [0.2, 0.25) is 0 Å². The molecular formula is C11H13Cl2N5O. The first-order valence-corrected chi connectivity index (χ1v) is 6.54. The average Bonchev–Trinajstić information content (AvgIpc) is 2.88. The minimum Gasteiger partial charge on any atom is -0.490 e. The predicted octanol–water partition coefficient (Wildman–Crippen LogP) is 2.91. The lowest BCUT2D eigenvalue weighted by Gasteiger charge is -2.11. The topological polar surface area (TPSA) is 75.7 Å². The fourth-order valence-electron chi connectivity index (χ4n) is 1.47. The number of hydrogen-bond donors (Lipinski definition) is 2. The van der Waals surface area contributed by atoms with E-state index in [1.807, 2.05) is 6.92 Å². The van der Waals surface area contributed by atoms with Crippen molar-refractivity contribution in [1.29, 1.82) is 0 Å². The summed E-state index contributed by atoms with van der Waals surface area (Å²) >= 11 is 12.3. The van der Waals surface area contributed by atoms with E-state index in [0.29, 0.717) is 34.9 Å². The van der Waals surface area contributed by atoms with Gasteiger partial charge in [-0.25, -0.2) is 0 Å². The number of hydrogen-bond acceptors (Lipinski definition) is 5. The highest BCUT2D eigenvalue weighted by Gasteiger charge is 2.10. The Labute approximate surface area is 120 Å². The molecule has 1 aromatic carbocycles. The van der Waals surface area contributed by atoms with Gasteiger partial charge in [0.05, 0.1) is 16.7 Å². The van der Waals surface area contributed by atoms with E-state index in [1.54, 1.807) is 12.1 Å². The van der Waals surface area contributed by atoms with E-state index in [0.717, 1.165) is 12.0 Å². The van der Waals surface area contributed by atoms with E-state index in [9.17, 15) is 0 Å². The van der Waals surface area contributed by atoms with Crippen LogP contribution in [0.2, 0.25) is 10.0 Å². The Bertz CT molecular complexity index is 509. The van der Waals surface area contributed by atoms with Gasteiger partial charge in [-0.05, 0) is 29.3 Å². The van der Waals surface area contributed by atoms with Crippen molar-refractivity contribution in [2.75, 3.05) is 11.9 Å². The van der Waals surface area contributed by atoms with Crippen molar-refractivity contribution < 1.29 is 4.74 Å². The van der Waals surface area contributed by atoms with E-state index < -0.39 is 0 Å². The summed E-state index contributed by atoms with van der Waals surface area (Å²) in [6.07, 6.45) is 0.897. The maximum Gasteiger partial charge on any atom is 0.263 e. The second-order valence-corrected chi connectivity index (χ2v) is 4.64. The first-order valence-electron chi connectivity index (χ1n) is 5.78. The molecule has 0 atom stereocenters. The van der Waals surface area contributed by atoms with Gasteiger partial charge in [-0.2, -0.15) is 5.21 Å². The Hall–Kier alpha value is -1.53. The highest BCUT2D eigenvalue weighted by molar-refractivity contribution is 6.37. The number of aromatic nitrogens is 4. The molecule has 0 aliphatic carbocycles. The third-order valence-electron chi connectivity index (χ3n) is 2.30. The van der Waals surface area contributed by atoms with Crippen molar-refractivity contribution in [2.24, 2.45) is 0 Å². The molecule has 8 heteroatoms. The predicted molar refractivity (Wildman–Crippen MR) is 73.8 cm³/mol. The molecule has 19 heavy (non-hydrogen) atoms. The summed E-state index contributed by atoms with van der Waals surface area (Å²) < 4.78 is 5.50. The molecule has 0 bridgehead atoms. The fourth-order valence-corrected chi connectivity index (χ4v) is 2.12. The van der Waals surface area contributed by atoms with E-state index in [1.165, 1.54) is 0 Å². The van der Waals surface area contributed by atoms with Gasteiger partial charge in [-0.1, -0.05) is 35.2 Å². The zero-order chi connectivity index (χ0) is 13.7. The van der Waals surface area contributed by atoms with Crippen molar-refractivity contribution in [3.05, 3.63) is 27.7 Å². The average molecular weight is 302 g/mol. The molecule has 0 saturated heterocycles. The molecule has 0 aliphatic heterocycles. The molecule has 1 aromatic heterocycles. The van der Waals surface area contributed by atoms with Crippen LogP contribution >= 0.6 is 23.2 Å². The quantitative estimate of drug-likeness (QED) is 0.858. The van der Waals surface area contributed by atoms with Crippen molar-refractivity contribution >= 4 is 29.2 Å². The molecule has 6 nitrogen and oxygen atoms in total. The lowest BCUT2D eigenvalue weighted by molar-refractivity contribution is 0.318. The monoisotopic (exact) mass is 301 g/mol. The number of nitrogens with one attached hydrogen (secondary N) is 2. The Morgan fingerprint density at radius 3 is 2.63 bits per heavy atom. The third-order valence-corrected chi connectivity index (χ3v) is 2.87. The minimum atomic E-state index is 0.415. The Morgan fingerprint density at radius 2 is 2.05 bits per heavy atom. The minimum absolute atomic E-state index is 0.415. The number of anilines is 1. The number of ether oxygens (including phenoxy) is 1. The second kappa shape index (κ2) is 6.58. The lowest BCUT2D eigenvalue weighted by Crippen LogP contribution is -2.02. The van der Waals surface area contributed by atoms with E-state index in [4.69, 9.17) is 27.9 Å². The van der Waals surface area contributed by atoms with Crippen LogP contribution < -0.4 is 10.1 Å². The molecule has 0 radical (unpaired) electrons. The van der Waals surface area contributed by atoms with Crippen molar-refractivity contribution in [2.45, 2.75) is 19.9 Å². The Kier molecular flexibility index (Phi) is 4.81. The SMILES string of the molecule is CCCOc1c(Cl)cc(CNc2nn[nH]n2)cc1Cl. The third kappa shape index (κ3) is 3.71. The summed E-state index contributed by atoms with van der Waals surface area (Å²) in [5.41, 5.74) is 0.906. The molecular weight excluding hydrogens is 289 g/mol. The second-order valence-electron chi connectivity index (χ2n) is 3.83. The van der Waals surface area contributed by atoms with Crippen LogP contribution in [0, 0.1) is 0 Å². The number of nitrogens with zero attached hydrogens (tertiary/aromatic N) is 3. The molecule has 2 rings (SSSR count). The molecule has 2 aromatic rings. The van der Waals surface area contributed by atoms with Gasteiger partial charge in [-0.15, -0.1) is 5.10 Å². The number of tetrazole rings is 1. The zero-order valence-electron chi connectivity index (χ0n) is 10.3. The van der Waals surface area contributed by atoms with Crippen LogP contribution in [-0.4, -0.2) is 27.2 Å². The fraction of sp³-hybridized carbons (Fsp3) is 0.364. The van der Waals surface area contributed by atoms with Crippen LogP contribution in [0.1, 0.15) is 18.9 Å². The van der Waals surface area contributed by atoms with Crippen LogP contribution in [0.3, 0.4) is 0 Å². The van der Waals surface area contributed by atoms with Gasteiger partial charge < -0.3 is 10.1 Å². The van der Waals surface area contributed by atoms with Crippen LogP contribution in [0.25, 0.3) is 0 Å². The van der Waals surface area contributed by atoms with Crippen molar-refractivity contribution in [3.63, 3.8) is 0 Å². The van der Waals surface area contributed by atoms with E-state index in [2.05, 4.69) is 25.9 Å². The molecule has 102 valence electrons.